The Balaban J connectivity index is 2.48. The summed E-state index contributed by atoms with van der Waals surface area (Å²) < 4.78 is 10.4. The van der Waals surface area contributed by atoms with Gasteiger partial charge in [-0.15, -0.1) is 0 Å². The van der Waals surface area contributed by atoms with Crippen LogP contribution in [0.25, 0.3) is 0 Å². The van der Waals surface area contributed by atoms with E-state index in [0.717, 1.165) is 0 Å². The maximum absolute atomic E-state index is 11.2. The lowest BCUT2D eigenvalue weighted by Crippen LogP contribution is -2.76. The maximum atomic E-state index is 11.2. The minimum atomic E-state index is -2.92. The molecule has 2 rings (SSSR count). The van der Waals surface area contributed by atoms with Crippen molar-refractivity contribution in [1.82, 2.24) is 0 Å². The van der Waals surface area contributed by atoms with Crippen molar-refractivity contribution < 1.29 is 65.6 Å². The molecule has 0 radical (unpaired) electrons. The minimum Gasteiger partial charge on any atom is -0.394 e. The minimum absolute atomic E-state index is 0.860. The van der Waals surface area contributed by atoms with E-state index in [-0.39, 0.29) is 0 Å². The summed E-state index contributed by atoms with van der Waals surface area (Å²) in [6, 6.07) is 0. The first-order valence-corrected chi connectivity index (χ1v) is 8.68. The van der Waals surface area contributed by atoms with Gasteiger partial charge in [-0.2, -0.15) is 0 Å². The second-order valence-electron chi connectivity index (χ2n) is 7.08. The summed E-state index contributed by atoms with van der Waals surface area (Å²) in [5, 5.41) is 110. The molecule has 11 N–H and O–H groups in total. The molecule has 2 saturated heterocycles. The van der Waals surface area contributed by atoms with Crippen LogP contribution in [0.4, 0.5) is 0 Å². The van der Waals surface area contributed by atoms with Crippen LogP contribution < -0.4 is 0 Å². The molecule has 2 aliphatic rings. The fraction of sp³-hybridized carbons (Fsp3) is 1.00. The lowest BCUT2D eigenvalue weighted by molar-refractivity contribution is -0.341. The zero-order valence-corrected chi connectivity index (χ0v) is 14.7. The van der Waals surface area contributed by atoms with Crippen LogP contribution in [0.3, 0.4) is 0 Å². The van der Waals surface area contributed by atoms with Gasteiger partial charge in [-0.3, -0.25) is 0 Å². The molecule has 11 atom stereocenters. The second kappa shape index (κ2) is 9.09. The first kappa shape index (κ1) is 23.8. The van der Waals surface area contributed by atoms with Crippen LogP contribution in [0.2, 0.25) is 0 Å². The lowest BCUT2D eigenvalue weighted by Gasteiger charge is -2.54. The van der Waals surface area contributed by atoms with Gasteiger partial charge in [-0.05, 0) is 0 Å². The van der Waals surface area contributed by atoms with Crippen LogP contribution in [0, 0.1) is 0 Å². The molecule has 0 aromatic heterocycles. The van der Waals surface area contributed by atoms with Crippen LogP contribution in [0.15, 0.2) is 0 Å². The summed E-state index contributed by atoms with van der Waals surface area (Å²) in [5.41, 5.74) is -2.92. The van der Waals surface area contributed by atoms with Crippen molar-refractivity contribution in [3.63, 3.8) is 0 Å². The van der Waals surface area contributed by atoms with Gasteiger partial charge in [0, 0.05) is 0 Å². The Kier molecular flexibility index (Phi) is 7.72. The van der Waals surface area contributed by atoms with E-state index in [1.54, 1.807) is 0 Å². The summed E-state index contributed by atoms with van der Waals surface area (Å²) in [6.07, 6.45) is -20.9. The molecule has 166 valence electrons. The predicted octanol–water partition coefficient (Wildman–Crippen LogP) is -7.24. The zero-order chi connectivity index (χ0) is 21.4. The standard InChI is InChI=1S/C15H28O13/c16-1-4-7(20)9(22)11(24)13(27-4)15(26,6(19)3-18)14-12(25)10(23)8(21)5(2-17)28-14/h4-14,16-26H,1-3H2/t4-,5-,6?,7+,8+,9+,10+,11-,12-,13?,14?,15?/m1/s1. The molecule has 2 heterocycles. The predicted molar refractivity (Wildman–Crippen MR) is 85.6 cm³/mol. The van der Waals surface area contributed by atoms with Crippen molar-refractivity contribution >= 4 is 0 Å². The molecule has 0 saturated carbocycles. The zero-order valence-electron chi connectivity index (χ0n) is 14.7. The van der Waals surface area contributed by atoms with E-state index in [1.807, 2.05) is 0 Å². The highest BCUT2D eigenvalue weighted by Crippen LogP contribution is 2.38. The fourth-order valence-electron chi connectivity index (χ4n) is 3.66. The normalized spacial score (nSPS) is 48.1. The SMILES string of the molecule is OCC(O)C(O)(C1O[C@H](CO)[C@H](O)[C@H](O)[C@H]1O)C1O[C@H](CO)[C@H](O)[C@H](O)[C@H]1O. The summed E-state index contributed by atoms with van der Waals surface area (Å²) in [5.74, 6) is 0. The van der Waals surface area contributed by atoms with Gasteiger partial charge in [0.1, 0.15) is 72.7 Å². The molecule has 0 bridgehead atoms. The van der Waals surface area contributed by atoms with E-state index in [9.17, 15) is 56.2 Å². The Hall–Kier alpha value is -0.520. The van der Waals surface area contributed by atoms with Crippen molar-refractivity contribution in [3.8, 4) is 0 Å². The molecule has 0 aromatic carbocycles. The average Bonchev–Trinajstić information content (AvgIpc) is 2.69. The molecule has 2 aliphatic heterocycles. The topological polar surface area (TPSA) is 241 Å². The van der Waals surface area contributed by atoms with Crippen molar-refractivity contribution in [2.24, 2.45) is 0 Å². The van der Waals surface area contributed by atoms with Gasteiger partial charge in [-0.1, -0.05) is 0 Å². The Labute approximate surface area is 159 Å². The molecule has 0 aromatic rings. The van der Waals surface area contributed by atoms with Gasteiger partial charge in [-0.25, -0.2) is 0 Å². The highest BCUT2D eigenvalue weighted by molar-refractivity contribution is 5.12. The molecule has 13 heteroatoms. The third kappa shape index (κ3) is 3.79. The molecule has 2 fully saturated rings. The summed E-state index contributed by atoms with van der Waals surface area (Å²) >= 11 is 0. The van der Waals surface area contributed by atoms with Crippen molar-refractivity contribution in [1.29, 1.82) is 0 Å². The largest absolute Gasteiger partial charge is 0.394 e. The van der Waals surface area contributed by atoms with Gasteiger partial charge in [0.25, 0.3) is 0 Å². The van der Waals surface area contributed by atoms with Crippen molar-refractivity contribution in [2.45, 2.75) is 72.7 Å². The lowest BCUT2D eigenvalue weighted by atomic mass is 9.74. The molecular formula is C15H28O13. The third-order valence-electron chi connectivity index (χ3n) is 5.40. The van der Waals surface area contributed by atoms with E-state index in [4.69, 9.17) is 9.47 Å². The Bertz CT molecular complexity index is 466. The Morgan fingerprint density at radius 2 is 1.00 bits per heavy atom. The molecule has 28 heavy (non-hydrogen) atoms. The molecule has 0 spiro atoms. The van der Waals surface area contributed by atoms with Gasteiger partial charge < -0.3 is 65.6 Å². The smallest absolute Gasteiger partial charge is 0.150 e. The molecule has 0 amide bonds. The Morgan fingerprint density at radius 1 is 0.643 bits per heavy atom. The van der Waals surface area contributed by atoms with Crippen LogP contribution in [-0.2, 0) is 9.47 Å². The van der Waals surface area contributed by atoms with Crippen LogP contribution >= 0.6 is 0 Å². The fourth-order valence-corrected chi connectivity index (χ4v) is 3.66. The van der Waals surface area contributed by atoms with Crippen LogP contribution in [0.1, 0.15) is 0 Å². The van der Waals surface area contributed by atoms with E-state index in [2.05, 4.69) is 0 Å². The van der Waals surface area contributed by atoms with Crippen molar-refractivity contribution in [2.75, 3.05) is 19.8 Å². The van der Waals surface area contributed by atoms with Gasteiger partial charge in [0.2, 0.25) is 0 Å². The van der Waals surface area contributed by atoms with E-state index in [0.29, 0.717) is 0 Å². The molecule has 0 aliphatic carbocycles. The van der Waals surface area contributed by atoms with Gasteiger partial charge in [0.15, 0.2) is 0 Å². The van der Waals surface area contributed by atoms with Gasteiger partial charge >= 0.3 is 0 Å². The summed E-state index contributed by atoms with van der Waals surface area (Å²) in [7, 11) is 0. The Morgan fingerprint density at radius 3 is 1.29 bits per heavy atom. The average molecular weight is 416 g/mol. The van der Waals surface area contributed by atoms with E-state index in [1.165, 1.54) is 0 Å². The van der Waals surface area contributed by atoms with Crippen LogP contribution in [0.5, 0.6) is 0 Å². The maximum Gasteiger partial charge on any atom is 0.150 e. The number of aliphatic hydroxyl groups excluding tert-OH is 10. The van der Waals surface area contributed by atoms with E-state index >= 15 is 0 Å². The van der Waals surface area contributed by atoms with E-state index < -0.39 is 92.6 Å². The van der Waals surface area contributed by atoms with Crippen LogP contribution in [-0.4, -0.2) is 149 Å². The number of ether oxygens (including phenoxy) is 2. The quantitative estimate of drug-likeness (QED) is 0.193. The number of rotatable bonds is 6. The highest BCUT2D eigenvalue weighted by Gasteiger charge is 2.63. The molecule has 13 nitrogen and oxygen atoms in total. The van der Waals surface area contributed by atoms with Gasteiger partial charge in [0.05, 0.1) is 19.8 Å². The monoisotopic (exact) mass is 416 g/mol. The highest BCUT2D eigenvalue weighted by atomic mass is 16.6. The first-order valence-electron chi connectivity index (χ1n) is 8.68. The van der Waals surface area contributed by atoms with Crippen molar-refractivity contribution in [3.05, 3.63) is 0 Å². The molecular weight excluding hydrogens is 388 g/mol. The molecule has 3 unspecified atom stereocenters. The number of hydrogen-bond donors (Lipinski definition) is 11. The second-order valence-corrected chi connectivity index (χ2v) is 7.08. The third-order valence-corrected chi connectivity index (χ3v) is 5.40. The summed E-state index contributed by atoms with van der Waals surface area (Å²) in [6.45, 7) is -2.87. The summed E-state index contributed by atoms with van der Waals surface area (Å²) in [4.78, 5) is 0. The first-order chi connectivity index (χ1) is 13.1. The number of hydrogen-bond acceptors (Lipinski definition) is 13. The number of aliphatic hydroxyl groups is 11.